The number of piperidine rings is 1. The molecule has 2 amide bonds. The van der Waals surface area contributed by atoms with Gasteiger partial charge in [0.25, 0.3) is 0 Å². The maximum Gasteiger partial charge on any atom is 0.239 e. The third kappa shape index (κ3) is 7.44. The average Bonchev–Trinajstić information content (AvgIpc) is 2.68. The van der Waals surface area contributed by atoms with E-state index >= 15 is 0 Å². The first-order valence-corrected chi connectivity index (χ1v) is 9.78. The lowest BCUT2D eigenvalue weighted by Gasteiger charge is -2.32. The maximum atomic E-state index is 12.9. The number of carbonyl (C=O) groups excluding carboxylic acids is 2. The van der Waals surface area contributed by atoms with Gasteiger partial charge in [0.2, 0.25) is 11.8 Å². The number of benzene rings is 1. The lowest BCUT2D eigenvalue weighted by molar-refractivity contribution is -0.127. The van der Waals surface area contributed by atoms with Gasteiger partial charge >= 0.3 is 0 Å². The van der Waals surface area contributed by atoms with Crippen molar-refractivity contribution in [1.29, 1.82) is 0 Å². The van der Waals surface area contributed by atoms with Crippen molar-refractivity contribution in [3.05, 3.63) is 30.1 Å². The smallest absolute Gasteiger partial charge is 0.239 e. The summed E-state index contributed by atoms with van der Waals surface area (Å²) in [6.07, 6.45) is 1.70. The van der Waals surface area contributed by atoms with E-state index in [4.69, 9.17) is 10.5 Å². The van der Waals surface area contributed by atoms with Gasteiger partial charge in [-0.2, -0.15) is 0 Å². The Labute approximate surface area is 165 Å². The summed E-state index contributed by atoms with van der Waals surface area (Å²) in [7, 11) is 0. The predicted molar refractivity (Wildman–Crippen MR) is 105 cm³/mol. The molecular weight excluding hydrogens is 363 g/mol. The molecule has 28 heavy (non-hydrogen) atoms. The molecular formula is C20H31FN4O3. The van der Waals surface area contributed by atoms with Crippen molar-refractivity contribution < 1.29 is 18.7 Å². The normalized spacial score (nSPS) is 16.6. The standard InChI is InChI=1S/C20H31FN4O3/c1-14(2)19(22)20(27)23-13-18(26)24-16-7-9-25(10-8-16)11-12-28-17-5-3-15(21)4-6-17/h3-6,14,16,19H,7-13,22H2,1-2H3,(H,23,27)(H,24,26)/t19-/m0/s1. The molecule has 0 spiro atoms. The van der Waals surface area contributed by atoms with Gasteiger partial charge in [-0.3, -0.25) is 14.5 Å². The number of ether oxygens (including phenoxy) is 1. The molecule has 4 N–H and O–H groups in total. The Bertz CT molecular complexity index is 631. The van der Waals surface area contributed by atoms with Gasteiger partial charge in [-0.15, -0.1) is 0 Å². The Balaban J connectivity index is 1.59. The highest BCUT2D eigenvalue weighted by atomic mass is 19.1. The SMILES string of the molecule is CC(C)[C@H](N)C(=O)NCC(=O)NC1CCN(CCOc2ccc(F)cc2)CC1. The second-order valence-electron chi connectivity index (χ2n) is 7.47. The number of likely N-dealkylation sites (tertiary alicyclic amines) is 1. The van der Waals surface area contributed by atoms with Crippen molar-refractivity contribution >= 4 is 11.8 Å². The zero-order chi connectivity index (χ0) is 20.5. The first-order chi connectivity index (χ1) is 13.3. The van der Waals surface area contributed by atoms with Crippen LogP contribution in [0, 0.1) is 11.7 Å². The average molecular weight is 394 g/mol. The molecule has 0 radical (unpaired) electrons. The number of carbonyl (C=O) groups is 2. The van der Waals surface area contributed by atoms with E-state index in [2.05, 4.69) is 15.5 Å². The lowest BCUT2D eigenvalue weighted by Crippen LogP contribution is -2.50. The van der Waals surface area contributed by atoms with Gasteiger partial charge in [-0.25, -0.2) is 4.39 Å². The molecule has 7 nitrogen and oxygen atoms in total. The van der Waals surface area contributed by atoms with Gasteiger partial charge in [0, 0.05) is 25.7 Å². The molecule has 8 heteroatoms. The summed E-state index contributed by atoms with van der Waals surface area (Å²) in [5.74, 6) is -0.0930. The van der Waals surface area contributed by atoms with Crippen molar-refractivity contribution in [2.45, 2.75) is 38.8 Å². The first kappa shape index (κ1) is 22.1. The molecule has 1 aliphatic heterocycles. The number of nitrogens with one attached hydrogen (secondary N) is 2. The van der Waals surface area contributed by atoms with Crippen LogP contribution in [-0.4, -0.2) is 61.6 Å². The molecule has 0 bridgehead atoms. The third-order valence-electron chi connectivity index (χ3n) is 4.89. The minimum Gasteiger partial charge on any atom is -0.492 e. The zero-order valence-electron chi connectivity index (χ0n) is 16.6. The largest absolute Gasteiger partial charge is 0.492 e. The van der Waals surface area contributed by atoms with Gasteiger partial charge in [0.1, 0.15) is 18.2 Å². The summed E-state index contributed by atoms with van der Waals surface area (Å²) in [5, 5.41) is 5.54. The summed E-state index contributed by atoms with van der Waals surface area (Å²) >= 11 is 0. The highest BCUT2D eigenvalue weighted by Crippen LogP contribution is 2.13. The summed E-state index contributed by atoms with van der Waals surface area (Å²) in [6.45, 7) is 6.72. The van der Waals surface area contributed by atoms with Crippen molar-refractivity contribution in [1.82, 2.24) is 15.5 Å². The fraction of sp³-hybridized carbons (Fsp3) is 0.600. The zero-order valence-corrected chi connectivity index (χ0v) is 16.6. The van der Waals surface area contributed by atoms with Crippen molar-refractivity contribution in [3.63, 3.8) is 0 Å². The predicted octanol–water partition coefficient (Wildman–Crippen LogP) is 0.885. The Morgan fingerprint density at radius 3 is 2.50 bits per heavy atom. The molecule has 1 heterocycles. The van der Waals surface area contributed by atoms with E-state index < -0.39 is 6.04 Å². The van der Waals surface area contributed by atoms with Crippen LogP contribution in [0.15, 0.2) is 24.3 Å². The van der Waals surface area contributed by atoms with Crippen LogP contribution in [-0.2, 0) is 9.59 Å². The van der Waals surface area contributed by atoms with Crippen LogP contribution >= 0.6 is 0 Å². The topological polar surface area (TPSA) is 96.7 Å². The van der Waals surface area contributed by atoms with Crippen LogP contribution in [0.5, 0.6) is 5.75 Å². The number of hydrogen-bond donors (Lipinski definition) is 3. The van der Waals surface area contributed by atoms with E-state index in [0.29, 0.717) is 12.4 Å². The van der Waals surface area contributed by atoms with Crippen molar-refractivity contribution in [3.8, 4) is 5.75 Å². The Morgan fingerprint density at radius 2 is 1.89 bits per heavy atom. The van der Waals surface area contributed by atoms with E-state index in [0.717, 1.165) is 32.5 Å². The molecule has 1 atom stereocenters. The fourth-order valence-electron chi connectivity index (χ4n) is 2.99. The fourth-order valence-corrected chi connectivity index (χ4v) is 2.99. The van der Waals surface area contributed by atoms with Gasteiger partial charge < -0.3 is 21.1 Å². The summed E-state index contributed by atoms with van der Waals surface area (Å²) in [5.41, 5.74) is 5.75. The number of amides is 2. The highest BCUT2D eigenvalue weighted by molar-refractivity contribution is 5.87. The van der Waals surface area contributed by atoms with Crippen LogP contribution < -0.4 is 21.1 Å². The van der Waals surface area contributed by atoms with Crippen molar-refractivity contribution in [2.75, 3.05) is 32.8 Å². The molecule has 0 aliphatic carbocycles. The Kier molecular flexibility index (Phi) is 8.66. The summed E-state index contributed by atoms with van der Waals surface area (Å²) in [6, 6.07) is 5.49. The van der Waals surface area contributed by atoms with E-state index in [-0.39, 0.29) is 36.1 Å². The van der Waals surface area contributed by atoms with Crippen LogP contribution in [0.1, 0.15) is 26.7 Å². The third-order valence-corrected chi connectivity index (χ3v) is 4.89. The monoisotopic (exact) mass is 394 g/mol. The summed E-state index contributed by atoms with van der Waals surface area (Å²) < 4.78 is 18.5. The van der Waals surface area contributed by atoms with Gasteiger partial charge in [0.05, 0.1) is 12.6 Å². The van der Waals surface area contributed by atoms with E-state index in [1.807, 2.05) is 13.8 Å². The summed E-state index contributed by atoms with van der Waals surface area (Å²) in [4.78, 5) is 26.1. The molecule has 0 aromatic heterocycles. The van der Waals surface area contributed by atoms with E-state index in [1.54, 1.807) is 12.1 Å². The van der Waals surface area contributed by atoms with Crippen molar-refractivity contribution in [2.24, 2.45) is 11.7 Å². The van der Waals surface area contributed by atoms with Crippen LogP contribution in [0.4, 0.5) is 4.39 Å². The molecule has 1 aromatic carbocycles. The van der Waals surface area contributed by atoms with Gasteiger partial charge in [-0.05, 0) is 43.0 Å². The maximum absolute atomic E-state index is 12.9. The Morgan fingerprint density at radius 1 is 1.25 bits per heavy atom. The molecule has 0 saturated carbocycles. The van der Waals surface area contributed by atoms with Crippen LogP contribution in [0.2, 0.25) is 0 Å². The van der Waals surface area contributed by atoms with Crippen LogP contribution in [0.25, 0.3) is 0 Å². The minimum absolute atomic E-state index is 0.0272. The second-order valence-corrected chi connectivity index (χ2v) is 7.47. The molecule has 1 saturated heterocycles. The Hall–Kier alpha value is -2.19. The molecule has 1 aromatic rings. The number of nitrogens with zero attached hydrogens (tertiary/aromatic N) is 1. The molecule has 0 unspecified atom stereocenters. The molecule has 2 rings (SSSR count). The number of hydrogen-bond acceptors (Lipinski definition) is 5. The highest BCUT2D eigenvalue weighted by Gasteiger charge is 2.22. The van der Waals surface area contributed by atoms with E-state index in [9.17, 15) is 14.0 Å². The van der Waals surface area contributed by atoms with Gasteiger partial charge in [0.15, 0.2) is 0 Å². The number of halogens is 1. The molecule has 1 fully saturated rings. The first-order valence-electron chi connectivity index (χ1n) is 9.78. The lowest BCUT2D eigenvalue weighted by atomic mass is 10.0. The number of rotatable bonds is 9. The van der Waals surface area contributed by atoms with Crippen LogP contribution in [0.3, 0.4) is 0 Å². The van der Waals surface area contributed by atoms with Gasteiger partial charge in [-0.1, -0.05) is 13.8 Å². The molecule has 1 aliphatic rings. The number of nitrogens with two attached hydrogens (primary N) is 1. The molecule has 156 valence electrons. The minimum atomic E-state index is -0.604. The quantitative estimate of drug-likeness (QED) is 0.578. The van der Waals surface area contributed by atoms with E-state index in [1.165, 1.54) is 12.1 Å². The second kappa shape index (κ2) is 11.0.